The number of hydrogen-bond acceptors (Lipinski definition) is 1. The third-order valence-electron chi connectivity index (χ3n) is 1.12. The Hall–Kier alpha value is 0.250. The molecule has 1 atom stereocenters. The zero-order chi connectivity index (χ0) is 6.41. The molecule has 1 nitrogen and oxygen atoms in total. The van der Waals surface area contributed by atoms with Crippen molar-refractivity contribution in [1.29, 1.82) is 0 Å². The summed E-state index contributed by atoms with van der Waals surface area (Å²) in [6.07, 6.45) is 1.92. The fourth-order valence-corrected chi connectivity index (χ4v) is 0.671. The summed E-state index contributed by atoms with van der Waals surface area (Å²) in [5.41, 5.74) is 0. The molecule has 0 fully saturated rings. The Bertz CT molecular complexity index is 47.8. The van der Waals surface area contributed by atoms with Crippen molar-refractivity contribution >= 4 is 11.6 Å². The van der Waals surface area contributed by atoms with Gasteiger partial charge >= 0.3 is 0 Å². The second-order valence-electron chi connectivity index (χ2n) is 2.13. The molecule has 50 valence electrons. The highest BCUT2D eigenvalue weighted by atomic mass is 35.5. The van der Waals surface area contributed by atoms with Crippen LogP contribution in [-0.4, -0.2) is 17.6 Å². The van der Waals surface area contributed by atoms with Crippen molar-refractivity contribution in [3.63, 3.8) is 0 Å². The van der Waals surface area contributed by atoms with E-state index in [1.165, 1.54) is 0 Å². The van der Waals surface area contributed by atoms with Crippen LogP contribution < -0.4 is 0 Å². The summed E-state index contributed by atoms with van der Waals surface area (Å²) >= 11 is 5.51. The molecule has 0 aromatic rings. The molecule has 1 N–H and O–H groups in total. The van der Waals surface area contributed by atoms with E-state index >= 15 is 0 Å². The molecule has 0 rings (SSSR count). The Labute approximate surface area is 55.7 Å². The molecule has 0 aliphatic heterocycles. The van der Waals surface area contributed by atoms with Crippen molar-refractivity contribution < 1.29 is 5.11 Å². The summed E-state index contributed by atoms with van der Waals surface area (Å²) in [5.74, 6) is 1.27. The Balaban J connectivity index is 2.86. The number of rotatable bonds is 4. The highest BCUT2D eigenvalue weighted by molar-refractivity contribution is 6.18. The predicted molar refractivity (Wildman–Crippen MR) is 36.2 cm³/mol. The lowest BCUT2D eigenvalue weighted by atomic mass is 10.1. The van der Waals surface area contributed by atoms with E-state index in [9.17, 15) is 0 Å². The molecule has 0 aliphatic rings. The van der Waals surface area contributed by atoms with Crippen molar-refractivity contribution in [2.75, 3.05) is 12.5 Å². The van der Waals surface area contributed by atoms with Gasteiger partial charge in [0.25, 0.3) is 0 Å². The second-order valence-corrected chi connectivity index (χ2v) is 2.43. The van der Waals surface area contributed by atoms with Gasteiger partial charge in [-0.15, -0.1) is 11.6 Å². The average Bonchev–Trinajstić information content (AvgIpc) is 1.83. The maximum absolute atomic E-state index is 8.37. The lowest BCUT2D eigenvalue weighted by Crippen LogP contribution is -1.96. The molecule has 0 spiro atoms. The van der Waals surface area contributed by atoms with Crippen LogP contribution in [0.2, 0.25) is 0 Å². The van der Waals surface area contributed by atoms with Crippen molar-refractivity contribution in [2.24, 2.45) is 5.92 Å². The van der Waals surface area contributed by atoms with E-state index in [0.29, 0.717) is 18.4 Å². The minimum Gasteiger partial charge on any atom is -0.396 e. The minimum atomic E-state index is 0.293. The highest BCUT2D eigenvalue weighted by Crippen LogP contribution is 2.05. The van der Waals surface area contributed by atoms with Gasteiger partial charge in [-0.25, -0.2) is 0 Å². The average molecular weight is 137 g/mol. The maximum atomic E-state index is 8.37. The van der Waals surface area contributed by atoms with Crippen molar-refractivity contribution in [3.8, 4) is 0 Å². The number of hydrogen-bond donors (Lipinski definition) is 1. The van der Waals surface area contributed by atoms with Gasteiger partial charge in [0, 0.05) is 12.5 Å². The molecule has 0 aromatic carbocycles. The quantitative estimate of drug-likeness (QED) is 0.583. The highest BCUT2D eigenvalue weighted by Gasteiger charge is 1.96. The maximum Gasteiger partial charge on any atom is 0.0431 e. The van der Waals surface area contributed by atoms with Crippen molar-refractivity contribution in [2.45, 2.75) is 19.8 Å². The lowest BCUT2D eigenvalue weighted by molar-refractivity contribution is 0.276. The molecular weight excluding hydrogens is 124 g/mol. The van der Waals surface area contributed by atoms with Gasteiger partial charge < -0.3 is 5.11 Å². The van der Waals surface area contributed by atoms with Crippen LogP contribution in [0.15, 0.2) is 0 Å². The number of aliphatic hydroxyl groups excluding tert-OH is 1. The van der Waals surface area contributed by atoms with Gasteiger partial charge in [0.1, 0.15) is 0 Å². The summed E-state index contributed by atoms with van der Waals surface area (Å²) in [6.45, 7) is 2.38. The van der Waals surface area contributed by atoms with Gasteiger partial charge in [0.05, 0.1) is 0 Å². The molecule has 0 bridgehead atoms. The van der Waals surface area contributed by atoms with Crippen molar-refractivity contribution in [1.82, 2.24) is 0 Å². The fourth-order valence-electron chi connectivity index (χ4n) is 0.517. The molecule has 0 saturated heterocycles. The summed E-state index contributed by atoms with van der Waals surface area (Å²) < 4.78 is 0. The largest absolute Gasteiger partial charge is 0.396 e. The van der Waals surface area contributed by atoms with Crippen LogP contribution >= 0.6 is 11.6 Å². The van der Waals surface area contributed by atoms with E-state index in [4.69, 9.17) is 16.7 Å². The van der Waals surface area contributed by atoms with Gasteiger partial charge in [-0.1, -0.05) is 6.92 Å². The number of aliphatic hydroxyl groups is 1. The molecular formula is C6H13ClO. The zero-order valence-electron chi connectivity index (χ0n) is 5.23. The van der Waals surface area contributed by atoms with Gasteiger partial charge in [0.15, 0.2) is 0 Å². The molecule has 2 heteroatoms. The third-order valence-corrected chi connectivity index (χ3v) is 1.65. The molecule has 0 aliphatic carbocycles. The Morgan fingerprint density at radius 1 is 1.62 bits per heavy atom. The predicted octanol–water partition coefficient (Wildman–Crippen LogP) is 1.63. The Morgan fingerprint density at radius 3 is 2.62 bits per heavy atom. The first-order valence-electron chi connectivity index (χ1n) is 2.98. The molecule has 0 saturated carbocycles. The summed E-state index contributed by atoms with van der Waals surface area (Å²) in [7, 11) is 0. The van der Waals surface area contributed by atoms with Gasteiger partial charge in [-0.2, -0.15) is 0 Å². The fraction of sp³-hybridized carbons (Fsp3) is 1.00. The minimum absolute atomic E-state index is 0.293. The van der Waals surface area contributed by atoms with Crippen LogP contribution in [0.5, 0.6) is 0 Å². The van der Waals surface area contributed by atoms with Crippen LogP contribution in [0, 0.1) is 5.92 Å². The van der Waals surface area contributed by atoms with Crippen LogP contribution in [0.1, 0.15) is 19.8 Å². The summed E-state index contributed by atoms with van der Waals surface area (Å²) in [5, 5.41) is 8.37. The first-order chi connectivity index (χ1) is 3.81. The molecule has 0 radical (unpaired) electrons. The Kier molecular flexibility index (Phi) is 5.56. The first-order valence-corrected chi connectivity index (χ1v) is 3.51. The summed E-state index contributed by atoms with van der Waals surface area (Å²) in [6, 6.07) is 0. The monoisotopic (exact) mass is 136 g/mol. The summed E-state index contributed by atoms with van der Waals surface area (Å²) in [4.78, 5) is 0. The van der Waals surface area contributed by atoms with Crippen molar-refractivity contribution in [3.05, 3.63) is 0 Å². The van der Waals surface area contributed by atoms with E-state index in [1.807, 2.05) is 0 Å². The molecule has 0 aromatic heterocycles. The molecule has 0 unspecified atom stereocenters. The second kappa shape index (κ2) is 5.39. The van der Waals surface area contributed by atoms with E-state index in [1.54, 1.807) is 0 Å². The smallest absolute Gasteiger partial charge is 0.0431 e. The lowest BCUT2D eigenvalue weighted by Gasteiger charge is -2.02. The first kappa shape index (κ1) is 8.25. The van der Waals surface area contributed by atoms with Crippen LogP contribution in [0.4, 0.5) is 0 Å². The van der Waals surface area contributed by atoms with E-state index < -0.39 is 0 Å². The Morgan fingerprint density at radius 2 is 2.25 bits per heavy atom. The van der Waals surface area contributed by atoms with Gasteiger partial charge in [0.2, 0.25) is 0 Å². The van der Waals surface area contributed by atoms with Crippen LogP contribution in [0.25, 0.3) is 0 Å². The van der Waals surface area contributed by atoms with E-state index in [2.05, 4.69) is 6.92 Å². The topological polar surface area (TPSA) is 20.2 Å². The molecule has 0 heterocycles. The standard InChI is InChI=1S/C6H13ClO/c1-6(5-7)3-2-4-8/h6,8H,2-5H2,1H3/t6-/m0/s1. The number of halogens is 1. The normalized spacial score (nSPS) is 13.9. The zero-order valence-corrected chi connectivity index (χ0v) is 5.99. The van der Waals surface area contributed by atoms with Gasteiger partial charge in [-0.3, -0.25) is 0 Å². The van der Waals surface area contributed by atoms with Crippen LogP contribution in [0.3, 0.4) is 0 Å². The SMILES string of the molecule is C[C@H](CCl)CCCO. The van der Waals surface area contributed by atoms with Crippen LogP contribution in [-0.2, 0) is 0 Å². The van der Waals surface area contributed by atoms with E-state index in [0.717, 1.165) is 12.8 Å². The van der Waals surface area contributed by atoms with E-state index in [-0.39, 0.29) is 0 Å². The third kappa shape index (κ3) is 4.41. The molecule has 8 heavy (non-hydrogen) atoms. The molecule has 0 amide bonds. The van der Waals surface area contributed by atoms with Gasteiger partial charge in [-0.05, 0) is 18.8 Å². The number of alkyl halides is 1.